The number of aryl methyl sites for hydroxylation is 1. The molecule has 2 nitrogen and oxygen atoms in total. The zero-order valence-corrected chi connectivity index (χ0v) is 12.5. The number of halogens is 2. The fourth-order valence-corrected chi connectivity index (χ4v) is 2.35. The molecule has 2 rings (SSSR count). The summed E-state index contributed by atoms with van der Waals surface area (Å²) in [4.78, 5) is 4.16. The molecule has 1 aromatic heterocycles. The molecule has 2 aromatic rings. The Labute approximate surface area is 124 Å². The Hall–Kier alpha value is -1.81. The molecule has 1 unspecified atom stereocenters. The molecule has 0 aliphatic carbocycles. The first-order valence-corrected chi connectivity index (χ1v) is 7.08. The zero-order chi connectivity index (χ0) is 15.4. The maximum atomic E-state index is 13.2. The van der Waals surface area contributed by atoms with Crippen LogP contribution in [0.2, 0.25) is 0 Å². The fraction of sp³-hybridized carbons (Fsp3) is 0.353. The van der Waals surface area contributed by atoms with E-state index in [1.807, 2.05) is 20.8 Å². The van der Waals surface area contributed by atoms with E-state index in [2.05, 4.69) is 10.3 Å². The predicted molar refractivity (Wildman–Crippen MR) is 80.0 cm³/mol. The summed E-state index contributed by atoms with van der Waals surface area (Å²) in [6, 6.07) is 8.12. The van der Waals surface area contributed by atoms with Crippen LogP contribution in [0.25, 0.3) is 0 Å². The Morgan fingerprint density at radius 2 is 1.81 bits per heavy atom. The van der Waals surface area contributed by atoms with E-state index >= 15 is 0 Å². The van der Waals surface area contributed by atoms with Gasteiger partial charge in [-0.3, -0.25) is 4.98 Å². The van der Waals surface area contributed by atoms with E-state index in [4.69, 9.17) is 0 Å². The highest BCUT2D eigenvalue weighted by atomic mass is 19.1. The fourth-order valence-electron chi connectivity index (χ4n) is 2.35. The third-order valence-corrected chi connectivity index (χ3v) is 3.37. The van der Waals surface area contributed by atoms with E-state index in [-0.39, 0.29) is 23.7 Å². The van der Waals surface area contributed by atoms with E-state index in [9.17, 15) is 8.78 Å². The summed E-state index contributed by atoms with van der Waals surface area (Å²) in [5.41, 5.74) is 2.75. The number of aromatic nitrogens is 1. The van der Waals surface area contributed by atoms with Gasteiger partial charge in [-0.25, -0.2) is 8.78 Å². The van der Waals surface area contributed by atoms with E-state index in [0.29, 0.717) is 6.42 Å². The predicted octanol–water partition coefficient (Wildman–Crippen LogP) is 3.95. The molecule has 0 bridgehead atoms. The van der Waals surface area contributed by atoms with Crippen molar-refractivity contribution in [1.82, 2.24) is 10.3 Å². The molecule has 0 fully saturated rings. The van der Waals surface area contributed by atoms with Crippen LogP contribution in [0.4, 0.5) is 8.78 Å². The standard InChI is InChI=1S/C17H20F2N2/c1-11(2)21-17(16-7-6-15(19)10-20-16)9-13-4-5-14(18)8-12(13)3/h4-8,10-11,17,21H,9H2,1-3H3. The average molecular weight is 290 g/mol. The molecule has 112 valence electrons. The maximum Gasteiger partial charge on any atom is 0.141 e. The molecule has 1 N–H and O–H groups in total. The van der Waals surface area contributed by atoms with Gasteiger partial charge in [0.2, 0.25) is 0 Å². The second-order valence-corrected chi connectivity index (χ2v) is 5.55. The molecule has 0 saturated heterocycles. The lowest BCUT2D eigenvalue weighted by atomic mass is 9.98. The summed E-state index contributed by atoms with van der Waals surface area (Å²) >= 11 is 0. The monoisotopic (exact) mass is 290 g/mol. The first-order valence-electron chi connectivity index (χ1n) is 7.08. The molecule has 0 saturated carbocycles. The highest BCUT2D eigenvalue weighted by Gasteiger charge is 2.16. The topological polar surface area (TPSA) is 24.9 Å². The lowest BCUT2D eigenvalue weighted by Gasteiger charge is -2.22. The molecule has 1 heterocycles. The van der Waals surface area contributed by atoms with Crippen molar-refractivity contribution >= 4 is 0 Å². The Kier molecular flexibility index (Phi) is 5.02. The van der Waals surface area contributed by atoms with E-state index in [1.165, 1.54) is 24.4 Å². The van der Waals surface area contributed by atoms with Crippen LogP contribution >= 0.6 is 0 Å². The molecule has 0 amide bonds. The Balaban J connectivity index is 2.25. The zero-order valence-electron chi connectivity index (χ0n) is 12.5. The van der Waals surface area contributed by atoms with E-state index < -0.39 is 0 Å². The van der Waals surface area contributed by atoms with Gasteiger partial charge >= 0.3 is 0 Å². The molecule has 0 spiro atoms. The largest absolute Gasteiger partial charge is 0.306 e. The summed E-state index contributed by atoms with van der Waals surface area (Å²) in [6.45, 7) is 5.99. The van der Waals surface area contributed by atoms with E-state index in [0.717, 1.165) is 16.8 Å². The minimum absolute atomic E-state index is 0.0326. The number of pyridine rings is 1. The van der Waals surface area contributed by atoms with E-state index in [1.54, 1.807) is 12.1 Å². The van der Waals surface area contributed by atoms with Crippen LogP contribution in [0.1, 0.15) is 36.7 Å². The van der Waals surface area contributed by atoms with Crippen molar-refractivity contribution < 1.29 is 8.78 Å². The number of hydrogen-bond acceptors (Lipinski definition) is 2. The minimum Gasteiger partial charge on any atom is -0.306 e. The molecular formula is C17H20F2N2. The molecule has 0 aliphatic rings. The van der Waals surface area contributed by atoms with Crippen LogP contribution in [-0.4, -0.2) is 11.0 Å². The Morgan fingerprint density at radius 3 is 2.38 bits per heavy atom. The Bertz CT molecular complexity index is 594. The van der Waals surface area contributed by atoms with Crippen LogP contribution in [0.3, 0.4) is 0 Å². The molecule has 0 aliphatic heterocycles. The van der Waals surface area contributed by atoms with Gasteiger partial charge in [-0.1, -0.05) is 19.9 Å². The molecule has 1 aromatic carbocycles. The van der Waals surface area contributed by atoms with Crippen LogP contribution in [0, 0.1) is 18.6 Å². The molecular weight excluding hydrogens is 270 g/mol. The van der Waals surface area contributed by atoms with Gasteiger partial charge in [-0.15, -0.1) is 0 Å². The van der Waals surface area contributed by atoms with Gasteiger partial charge < -0.3 is 5.32 Å². The smallest absolute Gasteiger partial charge is 0.141 e. The number of hydrogen-bond donors (Lipinski definition) is 1. The Morgan fingerprint density at radius 1 is 1.10 bits per heavy atom. The van der Waals surface area contributed by atoms with Gasteiger partial charge in [0, 0.05) is 6.04 Å². The maximum absolute atomic E-state index is 13.2. The van der Waals surface area contributed by atoms with Crippen molar-refractivity contribution in [2.45, 2.75) is 39.3 Å². The number of benzene rings is 1. The number of nitrogens with zero attached hydrogens (tertiary/aromatic N) is 1. The third kappa shape index (κ3) is 4.33. The quantitative estimate of drug-likeness (QED) is 0.902. The minimum atomic E-state index is -0.347. The molecule has 21 heavy (non-hydrogen) atoms. The lowest BCUT2D eigenvalue weighted by molar-refractivity contribution is 0.463. The second-order valence-electron chi connectivity index (χ2n) is 5.55. The van der Waals surface area contributed by atoms with Crippen LogP contribution in [-0.2, 0) is 6.42 Å². The van der Waals surface area contributed by atoms with Crippen molar-refractivity contribution in [3.05, 3.63) is 65.0 Å². The summed E-state index contributed by atoms with van der Waals surface area (Å²) in [5, 5.41) is 3.43. The SMILES string of the molecule is Cc1cc(F)ccc1CC(NC(C)C)c1ccc(F)cn1. The summed E-state index contributed by atoms with van der Waals surface area (Å²) < 4.78 is 26.2. The first kappa shape index (κ1) is 15.6. The summed E-state index contributed by atoms with van der Waals surface area (Å²) in [6.07, 6.45) is 1.91. The van der Waals surface area contributed by atoms with Crippen LogP contribution < -0.4 is 5.32 Å². The van der Waals surface area contributed by atoms with Crippen LogP contribution in [0.5, 0.6) is 0 Å². The molecule has 0 radical (unpaired) electrons. The van der Waals surface area contributed by atoms with Crippen molar-refractivity contribution in [1.29, 1.82) is 0 Å². The van der Waals surface area contributed by atoms with Crippen molar-refractivity contribution in [3.63, 3.8) is 0 Å². The van der Waals surface area contributed by atoms with Gasteiger partial charge in [0.25, 0.3) is 0 Å². The summed E-state index contributed by atoms with van der Waals surface area (Å²) in [7, 11) is 0. The normalized spacial score (nSPS) is 12.7. The van der Waals surface area contributed by atoms with Crippen molar-refractivity contribution in [3.8, 4) is 0 Å². The second kappa shape index (κ2) is 6.76. The number of nitrogens with one attached hydrogen (secondary N) is 1. The van der Waals surface area contributed by atoms with Gasteiger partial charge in [0.05, 0.1) is 17.9 Å². The molecule has 1 atom stereocenters. The van der Waals surface area contributed by atoms with Crippen LogP contribution in [0.15, 0.2) is 36.5 Å². The summed E-state index contributed by atoms with van der Waals surface area (Å²) in [5.74, 6) is -0.579. The van der Waals surface area contributed by atoms with Crippen molar-refractivity contribution in [2.75, 3.05) is 0 Å². The first-order chi connectivity index (χ1) is 9.95. The number of rotatable bonds is 5. The lowest BCUT2D eigenvalue weighted by Crippen LogP contribution is -2.30. The average Bonchev–Trinajstić information content (AvgIpc) is 2.41. The highest BCUT2D eigenvalue weighted by Crippen LogP contribution is 2.20. The van der Waals surface area contributed by atoms with Crippen molar-refractivity contribution in [2.24, 2.45) is 0 Å². The van der Waals surface area contributed by atoms with Gasteiger partial charge in [-0.05, 0) is 48.7 Å². The van der Waals surface area contributed by atoms with Gasteiger partial charge in [-0.2, -0.15) is 0 Å². The highest BCUT2D eigenvalue weighted by molar-refractivity contribution is 5.28. The van der Waals surface area contributed by atoms with Gasteiger partial charge in [0.1, 0.15) is 11.6 Å². The third-order valence-electron chi connectivity index (χ3n) is 3.37. The molecule has 4 heteroatoms. The van der Waals surface area contributed by atoms with Gasteiger partial charge in [0.15, 0.2) is 0 Å².